The Hall–Kier alpha value is -2.63. The Morgan fingerprint density at radius 1 is 0.952 bits per heavy atom. The number of ether oxygens (including phenoxy) is 2. The molecule has 2 heterocycles. The van der Waals surface area contributed by atoms with E-state index in [-0.39, 0.29) is 24.1 Å². The van der Waals surface area contributed by atoms with Gasteiger partial charge in [-0.1, -0.05) is 51.1 Å². The molecule has 5 atom stereocenters. The van der Waals surface area contributed by atoms with Crippen molar-refractivity contribution >= 4 is 5.91 Å². The smallest absolute Gasteiger partial charge is 0.372 e. The predicted molar refractivity (Wildman–Crippen MR) is 145 cm³/mol. The van der Waals surface area contributed by atoms with Crippen LogP contribution >= 0.6 is 0 Å². The standard InChI is InChI=1S/C31H38F6N2O3/c1-19(2)20(3)12-26-27(40)39-28(17-42-26)10-11-29(38-16-28,23-8-6-5-7-9-23)18-41-21(4)22-13-24(30(32,33)34)15-25(14-22)31(35,36)37/h5-9,13-15,19-21,26,38H,10-12,16-18H2,1-4H3,(H,39,40)/t20?,21?,26?,28?,29-/m1/s1. The lowest BCUT2D eigenvalue weighted by atomic mass is 9.76. The maximum Gasteiger partial charge on any atom is 0.416 e. The Labute approximate surface area is 242 Å². The van der Waals surface area contributed by atoms with Gasteiger partial charge >= 0.3 is 12.4 Å². The van der Waals surface area contributed by atoms with Gasteiger partial charge in [0.2, 0.25) is 5.91 Å². The SMILES string of the molecule is CC(OC[C@@]1(c2ccccc2)CCC2(CN1)COC(CC(C)C(C)C)C(=O)N2)c1cc(C(F)(F)F)cc(C(F)(F)F)c1. The van der Waals surface area contributed by atoms with Gasteiger partial charge in [-0.2, -0.15) is 26.3 Å². The van der Waals surface area contributed by atoms with Crippen molar-refractivity contribution < 1.29 is 40.6 Å². The number of piperidine rings is 1. The molecule has 2 saturated heterocycles. The molecular weight excluding hydrogens is 562 g/mol. The summed E-state index contributed by atoms with van der Waals surface area (Å²) in [5.41, 5.74) is -3.55. The molecule has 2 fully saturated rings. The molecule has 11 heteroatoms. The van der Waals surface area contributed by atoms with E-state index in [1.54, 1.807) is 0 Å². The molecule has 4 unspecified atom stereocenters. The average molecular weight is 601 g/mol. The van der Waals surface area contributed by atoms with E-state index in [0.29, 0.717) is 56.4 Å². The van der Waals surface area contributed by atoms with Gasteiger partial charge in [0.05, 0.1) is 41.5 Å². The highest BCUT2D eigenvalue weighted by molar-refractivity contribution is 5.82. The minimum absolute atomic E-state index is 0.0187. The molecule has 0 aromatic heterocycles. The third-order valence-electron chi connectivity index (χ3n) is 8.75. The summed E-state index contributed by atoms with van der Waals surface area (Å²) in [5, 5.41) is 6.67. The lowest BCUT2D eigenvalue weighted by Crippen LogP contribution is -2.69. The van der Waals surface area contributed by atoms with Crippen LogP contribution in [0.1, 0.15) is 75.3 Å². The summed E-state index contributed by atoms with van der Waals surface area (Å²) in [5.74, 6) is 0.573. The number of alkyl halides is 6. The molecule has 0 radical (unpaired) electrons. The fourth-order valence-corrected chi connectivity index (χ4v) is 5.48. The molecule has 4 rings (SSSR count). The van der Waals surface area contributed by atoms with E-state index >= 15 is 0 Å². The van der Waals surface area contributed by atoms with Crippen LogP contribution in [0.15, 0.2) is 48.5 Å². The van der Waals surface area contributed by atoms with Crippen molar-refractivity contribution in [2.75, 3.05) is 19.8 Å². The van der Waals surface area contributed by atoms with Crippen LogP contribution in [0.25, 0.3) is 0 Å². The second kappa shape index (κ2) is 12.2. The predicted octanol–water partition coefficient (Wildman–Crippen LogP) is 7.02. The molecular formula is C31H38F6N2O3. The molecule has 2 aliphatic rings. The van der Waals surface area contributed by atoms with Crippen LogP contribution in [0.2, 0.25) is 0 Å². The second-order valence-corrected chi connectivity index (χ2v) is 12.1. The second-order valence-electron chi connectivity index (χ2n) is 12.1. The Balaban J connectivity index is 1.51. The molecule has 0 aliphatic carbocycles. The maximum atomic E-state index is 13.4. The zero-order chi connectivity index (χ0) is 30.9. The monoisotopic (exact) mass is 600 g/mol. The van der Waals surface area contributed by atoms with Crippen molar-refractivity contribution in [3.63, 3.8) is 0 Å². The first kappa shape index (κ1) is 32.3. The first-order chi connectivity index (χ1) is 19.5. The lowest BCUT2D eigenvalue weighted by Gasteiger charge is -2.50. The number of carbonyl (C=O) groups excluding carboxylic acids is 1. The van der Waals surface area contributed by atoms with Crippen LogP contribution in [0, 0.1) is 11.8 Å². The van der Waals surface area contributed by atoms with Gasteiger partial charge in [0.15, 0.2) is 0 Å². The van der Waals surface area contributed by atoms with Crippen molar-refractivity contribution in [1.29, 1.82) is 0 Å². The molecule has 232 valence electrons. The molecule has 42 heavy (non-hydrogen) atoms. The van der Waals surface area contributed by atoms with Crippen LogP contribution in [-0.4, -0.2) is 37.3 Å². The molecule has 2 aliphatic heterocycles. The zero-order valence-corrected chi connectivity index (χ0v) is 24.2. The van der Waals surface area contributed by atoms with Crippen molar-refractivity contribution in [3.8, 4) is 0 Å². The van der Waals surface area contributed by atoms with Gasteiger partial charge < -0.3 is 20.1 Å². The maximum absolute atomic E-state index is 13.4. The van der Waals surface area contributed by atoms with Crippen molar-refractivity contribution in [3.05, 3.63) is 70.8 Å². The summed E-state index contributed by atoms with van der Waals surface area (Å²) in [4.78, 5) is 13.0. The fourth-order valence-electron chi connectivity index (χ4n) is 5.48. The summed E-state index contributed by atoms with van der Waals surface area (Å²) in [6, 6.07) is 10.8. The van der Waals surface area contributed by atoms with E-state index in [2.05, 4.69) is 31.4 Å². The Morgan fingerprint density at radius 3 is 2.07 bits per heavy atom. The number of nitrogens with one attached hydrogen (secondary N) is 2. The van der Waals surface area contributed by atoms with Crippen molar-refractivity contribution in [1.82, 2.24) is 10.6 Å². The average Bonchev–Trinajstić information content (AvgIpc) is 2.93. The van der Waals surface area contributed by atoms with Crippen LogP contribution in [-0.2, 0) is 32.2 Å². The highest BCUT2D eigenvalue weighted by atomic mass is 19.4. The molecule has 5 nitrogen and oxygen atoms in total. The summed E-state index contributed by atoms with van der Waals surface area (Å²) < 4.78 is 92.6. The van der Waals surface area contributed by atoms with Gasteiger partial charge in [0, 0.05) is 6.54 Å². The minimum atomic E-state index is -4.95. The number of hydrogen-bond acceptors (Lipinski definition) is 4. The van der Waals surface area contributed by atoms with Crippen LogP contribution in [0.5, 0.6) is 0 Å². The van der Waals surface area contributed by atoms with Gasteiger partial charge in [-0.3, -0.25) is 4.79 Å². The summed E-state index contributed by atoms with van der Waals surface area (Å²) >= 11 is 0. The van der Waals surface area contributed by atoms with E-state index in [0.717, 1.165) is 5.56 Å². The first-order valence-electron chi connectivity index (χ1n) is 14.2. The zero-order valence-electron chi connectivity index (χ0n) is 24.2. The molecule has 2 N–H and O–H groups in total. The van der Waals surface area contributed by atoms with Gasteiger partial charge in [0.25, 0.3) is 0 Å². The number of rotatable bonds is 8. The van der Waals surface area contributed by atoms with E-state index in [9.17, 15) is 31.1 Å². The Morgan fingerprint density at radius 2 is 1.57 bits per heavy atom. The first-order valence-corrected chi connectivity index (χ1v) is 14.2. The number of halogens is 6. The van der Waals surface area contributed by atoms with E-state index in [1.165, 1.54) is 6.92 Å². The third-order valence-corrected chi connectivity index (χ3v) is 8.75. The number of amides is 1. The van der Waals surface area contributed by atoms with E-state index in [1.807, 2.05) is 30.3 Å². The summed E-state index contributed by atoms with van der Waals surface area (Å²) in [6.45, 7) is 8.39. The number of benzene rings is 2. The topological polar surface area (TPSA) is 59.6 Å². The van der Waals surface area contributed by atoms with Gasteiger partial charge in [0.1, 0.15) is 6.10 Å². The Bertz CT molecular complexity index is 1190. The van der Waals surface area contributed by atoms with Gasteiger partial charge in [-0.25, -0.2) is 0 Å². The summed E-state index contributed by atoms with van der Waals surface area (Å²) in [6.07, 6.45) is -9.83. The lowest BCUT2D eigenvalue weighted by molar-refractivity contribution is -0.150. The highest BCUT2D eigenvalue weighted by Gasteiger charge is 2.48. The summed E-state index contributed by atoms with van der Waals surface area (Å²) in [7, 11) is 0. The van der Waals surface area contributed by atoms with Crippen LogP contribution in [0.3, 0.4) is 0 Å². The van der Waals surface area contributed by atoms with Crippen molar-refractivity contribution in [2.24, 2.45) is 11.8 Å². The number of morpholine rings is 1. The Kier molecular flexibility index (Phi) is 9.35. The molecule has 0 saturated carbocycles. The number of carbonyl (C=O) groups is 1. The van der Waals surface area contributed by atoms with E-state index in [4.69, 9.17) is 9.47 Å². The third kappa shape index (κ3) is 7.29. The van der Waals surface area contributed by atoms with Crippen molar-refractivity contribution in [2.45, 2.75) is 82.6 Å². The van der Waals surface area contributed by atoms with Gasteiger partial charge in [-0.15, -0.1) is 0 Å². The quantitative estimate of drug-likeness (QED) is 0.320. The number of hydrogen-bond donors (Lipinski definition) is 2. The molecule has 2 aromatic rings. The largest absolute Gasteiger partial charge is 0.416 e. The van der Waals surface area contributed by atoms with Crippen LogP contribution in [0.4, 0.5) is 26.3 Å². The molecule has 2 aromatic carbocycles. The minimum Gasteiger partial charge on any atom is -0.372 e. The molecule has 1 amide bonds. The fraction of sp³-hybridized carbons (Fsp3) is 0.581. The van der Waals surface area contributed by atoms with Gasteiger partial charge in [-0.05, 0) is 67.3 Å². The van der Waals surface area contributed by atoms with Crippen LogP contribution < -0.4 is 10.6 Å². The highest BCUT2D eigenvalue weighted by Crippen LogP contribution is 2.40. The molecule has 1 spiro atoms. The molecule has 0 bridgehead atoms. The normalized spacial score (nSPS) is 26.7. The van der Waals surface area contributed by atoms with E-state index < -0.39 is 46.8 Å².